The Bertz CT molecular complexity index is 1410. The van der Waals surface area contributed by atoms with E-state index in [0.717, 1.165) is 21.9 Å². The molecule has 0 bridgehead atoms. The largest absolute Gasteiger partial charge is 0.511 e. The molecule has 2 N–H and O–H groups in total. The van der Waals surface area contributed by atoms with Crippen molar-refractivity contribution in [2.45, 2.75) is 50.3 Å². The number of carboxylic acids is 1. The maximum absolute atomic E-state index is 13.7. The first-order valence-corrected chi connectivity index (χ1v) is 15.2. The molecule has 0 aromatic heterocycles. The number of nitrogens with zero attached hydrogens (tertiary/aromatic N) is 1. The van der Waals surface area contributed by atoms with Crippen LogP contribution in [0.3, 0.4) is 0 Å². The van der Waals surface area contributed by atoms with Gasteiger partial charge in [0, 0.05) is 24.5 Å². The van der Waals surface area contributed by atoms with Gasteiger partial charge < -0.3 is 24.2 Å². The summed E-state index contributed by atoms with van der Waals surface area (Å²) in [6, 6.07) is 21.7. The van der Waals surface area contributed by atoms with E-state index in [2.05, 4.69) is 5.32 Å². The minimum atomic E-state index is -1.22. The van der Waals surface area contributed by atoms with E-state index < -0.39 is 48.9 Å². The molecule has 11 heteroatoms. The molecule has 4 rings (SSSR count). The summed E-state index contributed by atoms with van der Waals surface area (Å²) in [6.45, 7) is 2.86. The van der Waals surface area contributed by atoms with Gasteiger partial charge in [-0.05, 0) is 41.7 Å². The fourth-order valence-corrected chi connectivity index (χ4v) is 6.35. The van der Waals surface area contributed by atoms with Crippen LogP contribution >= 0.6 is 11.8 Å². The zero-order valence-corrected chi connectivity index (χ0v) is 25.0. The van der Waals surface area contributed by atoms with E-state index in [-0.39, 0.29) is 24.8 Å². The summed E-state index contributed by atoms with van der Waals surface area (Å²) in [7, 11) is 0. The molecule has 1 saturated heterocycles. The van der Waals surface area contributed by atoms with Gasteiger partial charge in [0.2, 0.25) is 12.2 Å². The highest BCUT2D eigenvalue weighted by Crippen LogP contribution is 2.37. The van der Waals surface area contributed by atoms with E-state index in [0.29, 0.717) is 12.2 Å². The number of ether oxygens (including phenoxy) is 3. The normalized spacial score (nSPS) is 18.4. The smallest absolute Gasteiger partial charge is 0.480 e. The fraction of sp³-hybridized carbons (Fsp3) is 0.375. The number of esters is 1. The average Bonchev–Trinajstić information content (AvgIpc) is 3.13. The van der Waals surface area contributed by atoms with Crippen molar-refractivity contribution in [3.8, 4) is 0 Å². The number of carbonyl (C=O) groups is 4. The number of benzene rings is 3. The zero-order chi connectivity index (χ0) is 30.8. The second-order valence-electron chi connectivity index (χ2n) is 10.1. The molecule has 1 aliphatic heterocycles. The average molecular weight is 609 g/mol. The number of amides is 1. The van der Waals surface area contributed by atoms with Gasteiger partial charge in [0.25, 0.3) is 0 Å². The van der Waals surface area contributed by atoms with Crippen molar-refractivity contribution < 1.29 is 38.5 Å². The van der Waals surface area contributed by atoms with Crippen LogP contribution in [0.1, 0.15) is 36.6 Å². The molecule has 1 aliphatic rings. The molecule has 1 heterocycles. The summed E-state index contributed by atoms with van der Waals surface area (Å²) in [5.74, 6) is -1.94. The molecule has 1 amide bonds. The number of carboxylic acid groups (broad SMARTS) is 1. The van der Waals surface area contributed by atoms with Crippen molar-refractivity contribution in [1.82, 2.24) is 10.2 Å². The highest BCUT2D eigenvalue weighted by Gasteiger charge is 2.36. The lowest BCUT2D eigenvalue weighted by atomic mass is 10.0. The number of hydrogen-bond acceptors (Lipinski definition) is 9. The van der Waals surface area contributed by atoms with Crippen molar-refractivity contribution in [1.29, 1.82) is 0 Å². The monoisotopic (exact) mass is 608 g/mol. The Morgan fingerprint density at radius 2 is 1.74 bits per heavy atom. The number of rotatable bonds is 12. The van der Waals surface area contributed by atoms with Gasteiger partial charge in [-0.25, -0.2) is 4.79 Å². The van der Waals surface area contributed by atoms with Crippen molar-refractivity contribution in [3.63, 3.8) is 0 Å². The van der Waals surface area contributed by atoms with E-state index in [1.54, 1.807) is 6.92 Å². The van der Waals surface area contributed by atoms with Crippen LogP contribution in [0.4, 0.5) is 4.79 Å². The highest BCUT2D eigenvalue weighted by molar-refractivity contribution is 7.99. The Kier molecular flexibility index (Phi) is 11.4. The molecule has 0 spiro atoms. The maximum atomic E-state index is 13.7. The zero-order valence-electron chi connectivity index (χ0n) is 24.1. The molecule has 3 aromatic carbocycles. The Hall–Kier alpha value is -4.09. The lowest BCUT2D eigenvalue weighted by Crippen LogP contribution is -2.54. The van der Waals surface area contributed by atoms with E-state index >= 15 is 0 Å². The van der Waals surface area contributed by atoms with Gasteiger partial charge in [-0.1, -0.05) is 72.8 Å². The number of aryl methyl sites for hydroxylation is 1. The van der Waals surface area contributed by atoms with Gasteiger partial charge in [0.1, 0.15) is 12.6 Å². The third-order valence-corrected chi connectivity index (χ3v) is 8.35. The van der Waals surface area contributed by atoms with E-state index in [1.165, 1.54) is 23.6 Å². The molecule has 0 aliphatic carbocycles. The van der Waals surface area contributed by atoms with Crippen LogP contribution in [0.25, 0.3) is 10.8 Å². The van der Waals surface area contributed by atoms with E-state index in [9.17, 15) is 24.3 Å². The summed E-state index contributed by atoms with van der Waals surface area (Å²) >= 11 is 1.53. The molecule has 4 unspecified atom stereocenters. The molecule has 4 atom stereocenters. The molecule has 43 heavy (non-hydrogen) atoms. The van der Waals surface area contributed by atoms with Crippen LogP contribution in [0.5, 0.6) is 0 Å². The number of hydrogen-bond donors (Lipinski definition) is 2. The standard InChI is InChI=1S/C32H36N2O8S/c1-3-40-32(39)42-21(2)41-31(38)26(17-16-22-10-5-4-6-11-22)33-27-20-43-28(18-34(30(27)37)19-29(35)36)25-15-9-13-23-12-7-8-14-24(23)25/h4-15,21,26-28,33H,3,16-20H2,1-2H3,(H,35,36). The molecule has 228 valence electrons. The minimum Gasteiger partial charge on any atom is -0.480 e. The quantitative estimate of drug-likeness (QED) is 0.223. The van der Waals surface area contributed by atoms with Crippen molar-refractivity contribution >= 4 is 46.5 Å². The van der Waals surface area contributed by atoms with Gasteiger partial charge in [0.05, 0.1) is 12.6 Å². The molecule has 3 aromatic rings. The van der Waals surface area contributed by atoms with E-state index in [4.69, 9.17) is 14.2 Å². The first kappa shape index (κ1) is 31.8. The summed E-state index contributed by atoms with van der Waals surface area (Å²) in [4.78, 5) is 51.9. The maximum Gasteiger partial charge on any atom is 0.511 e. The first-order valence-electron chi connectivity index (χ1n) is 14.2. The Morgan fingerprint density at radius 3 is 2.49 bits per heavy atom. The van der Waals surface area contributed by atoms with Gasteiger partial charge in [0.15, 0.2) is 0 Å². The lowest BCUT2D eigenvalue weighted by Gasteiger charge is -2.27. The number of thioether (sulfide) groups is 1. The van der Waals surface area contributed by atoms with Gasteiger partial charge in [-0.3, -0.25) is 19.7 Å². The summed E-state index contributed by atoms with van der Waals surface area (Å²) in [6.07, 6.45) is -1.39. The first-order chi connectivity index (χ1) is 20.7. The van der Waals surface area contributed by atoms with Crippen LogP contribution in [0.2, 0.25) is 0 Å². The fourth-order valence-electron chi connectivity index (χ4n) is 5.02. The molecule has 0 radical (unpaired) electrons. The highest BCUT2D eigenvalue weighted by atomic mass is 32.2. The Labute approximate surface area is 254 Å². The van der Waals surface area contributed by atoms with Gasteiger partial charge >= 0.3 is 18.1 Å². The summed E-state index contributed by atoms with van der Waals surface area (Å²) in [5.41, 5.74) is 2.00. The SMILES string of the molecule is CCOC(=O)OC(C)OC(=O)C(CCc1ccccc1)NC1CSC(c2cccc3ccccc23)CN(CC(=O)O)C1=O. The van der Waals surface area contributed by atoms with Gasteiger partial charge in [-0.2, -0.15) is 0 Å². The van der Waals surface area contributed by atoms with Gasteiger partial charge in [-0.15, -0.1) is 11.8 Å². The number of fused-ring (bicyclic) bond motifs is 1. The minimum absolute atomic E-state index is 0.106. The number of carbonyl (C=O) groups excluding carboxylic acids is 3. The van der Waals surface area contributed by atoms with Crippen LogP contribution in [0, 0.1) is 0 Å². The third kappa shape index (κ3) is 8.95. The van der Waals surface area contributed by atoms with Crippen LogP contribution in [-0.2, 0) is 35.0 Å². The predicted octanol–water partition coefficient (Wildman–Crippen LogP) is 4.56. The van der Waals surface area contributed by atoms with Crippen LogP contribution in [-0.4, -0.2) is 77.8 Å². The lowest BCUT2D eigenvalue weighted by molar-refractivity contribution is -0.171. The van der Waals surface area contributed by atoms with Crippen LogP contribution < -0.4 is 5.32 Å². The molecule has 1 fully saturated rings. The van der Waals surface area contributed by atoms with Crippen molar-refractivity contribution in [2.75, 3.05) is 25.4 Å². The van der Waals surface area contributed by atoms with Crippen LogP contribution in [0.15, 0.2) is 72.8 Å². The summed E-state index contributed by atoms with van der Waals surface area (Å²) in [5, 5.41) is 14.7. The number of aliphatic carboxylic acids is 1. The number of nitrogens with one attached hydrogen (secondary N) is 1. The Balaban J connectivity index is 1.56. The van der Waals surface area contributed by atoms with Crippen molar-refractivity contribution in [3.05, 3.63) is 83.9 Å². The Morgan fingerprint density at radius 1 is 1.02 bits per heavy atom. The molecule has 10 nitrogen and oxygen atoms in total. The van der Waals surface area contributed by atoms with Crippen molar-refractivity contribution in [2.24, 2.45) is 0 Å². The topological polar surface area (TPSA) is 131 Å². The second-order valence-corrected chi connectivity index (χ2v) is 11.3. The van der Waals surface area contributed by atoms with E-state index in [1.807, 2.05) is 72.8 Å². The molecule has 0 saturated carbocycles. The molecular weight excluding hydrogens is 572 g/mol. The summed E-state index contributed by atoms with van der Waals surface area (Å²) < 4.78 is 15.2. The molecular formula is C32H36N2O8S. The predicted molar refractivity (Wildman–Crippen MR) is 162 cm³/mol. The second kappa shape index (κ2) is 15.4. The third-order valence-electron chi connectivity index (χ3n) is 7.01.